The van der Waals surface area contributed by atoms with E-state index in [2.05, 4.69) is 45.7 Å². The lowest BCUT2D eigenvalue weighted by atomic mass is 10.1. The summed E-state index contributed by atoms with van der Waals surface area (Å²) in [5, 5.41) is 9.28. The Labute approximate surface area is 217 Å². The maximum atomic E-state index is 14.0. The van der Waals surface area contributed by atoms with Crippen LogP contribution in [0.25, 0.3) is 11.3 Å². The highest BCUT2D eigenvalue weighted by atomic mass is 19.1. The van der Waals surface area contributed by atoms with Crippen LogP contribution in [0.3, 0.4) is 0 Å². The van der Waals surface area contributed by atoms with Crippen LogP contribution in [0.4, 0.5) is 21.7 Å². The molecule has 0 bridgehead atoms. The Hall–Kier alpha value is -3.68. The molecule has 194 valence electrons. The van der Waals surface area contributed by atoms with Gasteiger partial charge in [-0.3, -0.25) is 0 Å². The fourth-order valence-electron chi connectivity index (χ4n) is 5.59. The Morgan fingerprint density at radius 3 is 2.46 bits per heavy atom. The zero-order chi connectivity index (χ0) is 26.3. The van der Waals surface area contributed by atoms with E-state index in [1.807, 2.05) is 19.1 Å². The highest BCUT2D eigenvalue weighted by Crippen LogP contribution is 2.34. The first-order valence-electron chi connectivity index (χ1n) is 13.0. The maximum Gasteiger partial charge on any atom is 0.337 e. The fourth-order valence-corrected chi connectivity index (χ4v) is 5.59. The number of halogens is 1. The second kappa shape index (κ2) is 10.00. The molecule has 1 aromatic carbocycles. The number of carbonyl (C=O) groups is 1. The van der Waals surface area contributed by atoms with Crippen molar-refractivity contribution in [3.05, 3.63) is 65.1 Å². The summed E-state index contributed by atoms with van der Waals surface area (Å²) in [6.45, 7) is 11.5. The highest BCUT2D eigenvalue weighted by molar-refractivity contribution is 5.87. The van der Waals surface area contributed by atoms with E-state index in [0.717, 1.165) is 73.2 Å². The van der Waals surface area contributed by atoms with Gasteiger partial charge in [-0.15, -0.1) is 0 Å². The predicted molar refractivity (Wildman–Crippen MR) is 145 cm³/mol. The van der Waals surface area contributed by atoms with Crippen LogP contribution in [-0.2, 0) is 0 Å². The molecule has 2 atom stereocenters. The van der Waals surface area contributed by atoms with Crippen LogP contribution in [0, 0.1) is 19.7 Å². The first-order valence-corrected chi connectivity index (χ1v) is 13.0. The number of hydrogen-bond donors (Lipinski definition) is 1. The maximum absolute atomic E-state index is 14.0. The topological polar surface area (TPSA) is 72.8 Å². The minimum atomic E-state index is -0.965. The van der Waals surface area contributed by atoms with Gasteiger partial charge in [-0.05, 0) is 82.0 Å². The third-order valence-corrected chi connectivity index (χ3v) is 7.65. The smallest absolute Gasteiger partial charge is 0.337 e. The van der Waals surface area contributed by atoms with Gasteiger partial charge in [0.15, 0.2) is 0 Å². The van der Waals surface area contributed by atoms with E-state index in [9.17, 15) is 14.3 Å². The number of anilines is 3. The molecule has 0 amide bonds. The van der Waals surface area contributed by atoms with Crippen molar-refractivity contribution in [2.45, 2.75) is 52.6 Å². The molecule has 0 unspecified atom stereocenters. The summed E-state index contributed by atoms with van der Waals surface area (Å²) in [5.41, 5.74) is 4.56. The Kier molecular flexibility index (Phi) is 6.75. The molecule has 0 radical (unpaired) electrons. The monoisotopic (exact) mass is 503 g/mol. The van der Waals surface area contributed by atoms with Gasteiger partial charge in [0.2, 0.25) is 0 Å². The van der Waals surface area contributed by atoms with Gasteiger partial charge in [0.05, 0.1) is 11.3 Å². The van der Waals surface area contributed by atoms with Gasteiger partial charge >= 0.3 is 5.97 Å². The minimum Gasteiger partial charge on any atom is -0.478 e. The van der Waals surface area contributed by atoms with Crippen LogP contribution in [0.15, 0.2) is 42.6 Å². The number of piperazine rings is 1. The number of aromatic nitrogens is 2. The van der Waals surface area contributed by atoms with Crippen molar-refractivity contribution in [2.75, 3.05) is 40.9 Å². The molecular formula is C29H34FN5O2. The number of nitrogens with zero attached hydrogens (tertiary/aromatic N) is 5. The van der Waals surface area contributed by atoms with Crippen LogP contribution >= 0.6 is 0 Å². The van der Waals surface area contributed by atoms with E-state index in [-0.39, 0.29) is 17.4 Å². The van der Waals surface area contributed by atoms with Crippen molar-refractivity contribution in [1.29, 1.82) is 0 Å². The number of benzene rings is 1. The van der Waals surface area contributed by atoms with Crippen molar-refractivity contribution in [3.63, 3.8) is 0 Å². The van der Waals surface area contributed by atoms with E-state index in [0.29, 0.717) is 11.6 Å². The van der Waals surface area contributed by atoms with Gasteiger partial charge in [-0.1, -0.05) is 0 Å². The molecule has 1 N–H and O–H groups in total. The second-order valence-corrected chi connectivity index (χ2v) is 10.4. The van der Waals surface area contributed by atoms with Crippen molar-refractivity contribution in [2.24, 2.45) is 0 Å². The molecule has 4 heterocycles. The lowest BCUT2D eigenvalue weighted by Crippen LogP contribution is -2.52. The normalized spacial score (nSPS) is 20.0. The van der Waals surface area contributed by atoms with Crippen molar-refractivity contribution < 1.29 is 14.3 Å². The van der Waals surface area contributed by atoms with E-state index in [4.69, 9.17) is 4.98 Å². The molecule has 2 fully saturated rings. The molecule has 2 aliphatic rings. The molecule has 0 saturated carbocycles. The standard InChI is InChI=1S/C29H34FN5O2/c1-18-12-22(7-8-25(18)30)26-14-24(15-27(32-26)35-9-5-6-20(35)3)34-11-10-33(17-21(34)4)28-19(2)13-23(16-31-28)29(36)37/h7-8,12-16,20-21H,5-6,9-11,17H2,1-4H3,(H,36,37)/t20-,21-/m1/s1. The summed E-state index contributed by atoms with van der Waals surface area (Å²) in [4.78, 5) is 27.8. The van der Waals surface area contributed by atoms with Crippen LogP contribution in [0.2, 0.25) is 0 Å². The fraction of sp³-hybridized carbons (Fsp3) is 0.414. The van der Waals surface area contributed by atoms with Gasteiger partial charge in [0.1, 0.15) is 17.5 Å². The molecule has 2 saturated heterocycles. The molecule has 5 rings (SSSR count). The van der Waals surface area contributed by atoms with Crippen LogP contribution in [-0.4, -0.2) is 59.3 Å². The largest absolute Gasteiger partial charge is 0.478 e. The first-order chi connectivity index (χ1) is 17.7. The molecule has 8 heteroatoms. The molecule has 7 nitrogen and oxygen atoms in total. The summed E-state index contributed by atoms with van der Waals surface area (Å²) in [7, 11) is 0. The molecule has 2 aromatic heterocycles. The molecule has 0 aliphatic carbocycles. The van der Waals surface area contributed by atoms with Gasteiger partial charge in [0, 0.05) is 61.8 Å². The molecule has 3 aromatic rings. The molecule has 2 aliphatic heterocycles. The lowest BCUT2D eigenvalue weighted by Gasteiger charge is -2.42. The minimum absolute atomic E-state index is 0.197. The number of carboxylic acid groups (broad SMARTS) is 1. The van der Waals surface area contributed by atoms with Gasteiger partial charge in [-0.2, -0.15) is 0 Å². The van der Waals surface area contributed by atoms with E-state index >= 15 is 0 Å². The average Bonchev–Trinajstić information content (AvgIpc) is 3.31. The van der Waals surface area contributed by atoms with E-state index in [1.54, 1.807) is 13.0 Å². The quantitative estimate of drug-likeness (QED) is 0.506. The first kappa shape index (κ1) is 25.0. The third-order valence-electron chi connectivity index (χ3n) is 7.65. The highest BCUT2D eigenvalue weighted by Gasteiger charge is 2.28. The second-order valence-electron chi connectivity index (χ2n) is 10.4. The summed E-state index contributed by atoms with van der Waals surface area (Å²) in [6.07, 6.45) is 3.74. The zero-order valence-electron chi connectivity index (χ0n) is 21.9. The number of pyridine rings is 2. The SMILES string of the molecule is Cc1cc(-c2cc(N3CCN(c4ncc(C(=O)O)cc4C)C[C@H]3C)cc(N3CCC[C@H]3C)n2)ccc1F. The average molecular weight is 504 g/mol. The molecular weight excluding hydrogens is 469 g/mol. The van der Waals surface area contributed by atoms with Gasteiger partial charge in [-0.25, -0.2) is 19.2 Å². The number of carboxylic acids is 1. The van der Waals surface area contributed by atoms with Crippen molar-refractivity contribution in [1.82, 2.24) is 9.97 Å². The lowest BCUT2D eigenvalue weighted by molar-refractivity contribution is 0.0696. The van der Waals surface area contributed by atoms with Crippen LogP contribution in [0.1, 0.15) is 48.2 Å². The summed E-state index contributed by atoms with van der Waals surface area (Å²) in [6, 6.07) is 11.8. The molecule has 37 heavy (non-hydrogen) atoms. The summed E-state index contributed by atoms with van der Waals surface area (Å²) >= 11 is 0. The van der Waals surface area contributed by atoms with Crippen molar-refractivity contribution in [3.8, 4) is 11.3 Å². The molecule has 0 spiro atoms. The number of rotatable bonds is 5. The Morgan fingerprint density at radius 1 is 1.00 bits per heavy atom. The number of hydrogen-bond acceptors (Lipinski definition) is 6. The van der Waals surface area contributed by atoms with Crippen LogP contribution in [0.5, 0.6) is 0 Å². The Bertz CT molecular complexity index is 1330. The van der Waals surface area contributed by atoms with Crippen molar-refractivity contribution >= 4 is 23.3 Å². The number of aromatic carboxylic acids is 1. The van der Waals surface area contributed by atoms with Crippen LogP contribution < -0.4 is 14.7 Å². The third kappa shape index (κ3) is 4.97. The predicted octanol–water partition coefficient (Wildman–Crippen LogP) is 5.30. The zero-order valence-corrected chi connectivity index (χ0v) is 21.9. The van der Waals surface area contributed by atoms with Gasteiger partial charge in [0.25, 0.3) is 0 Å². The Balaban J connectivity index is 1.46. The number of aryl methyl sites for hydroxylation is 2. The summed E-state index contributed by atoms with van der Waals surface area (Å²) in [5.74, 6) is 0.628. The van der Waals surface area contributed by atoms with Gasteiger partial charge < -0.3 is 19.8 Å². The van der Waals surface area contributed by atoms with E-state index < -0.39 is 5.97 Å². The Morgan fingerprint density at radius 2 is 1.81 bits per heavy atom. The van der Waals surface area contributed by atoms with E-state index in [1.165, 1.54) is 12.3 Å². The summed E-state index contributed by atoms with van der Waals surface area (Å²) < 4.78 is 14.0.